The monoisotopic (exact) mass is 474 g/mol. The van der Waals surface area contributed by atoms with E-state index in [0.29, 0.717) is 6.42 Å². The highest BCUT2D eigenvalue weighted by atomic mass is 16.3. The zero-order chi connectivity index (χ0) is 25.2. The Balaban J connectivity index is 2.04. The van der Waals surface area contributed by atoms with Gasteiger partial charge in [0.05, 0.1) is 5.56 Å². The van der Waals surface area contributed by atoms with Gasteiger partial charge < -0.3 is 5.11 Å². The summed E-state index contributed by atoms with van der Waals surface area (Å²) < 4.78 is 0. The minimum Gasteiger partial charge on any atom is -0.507 e. The molecular weight excluding hydrogens is 424 g/mol. The second kappa shape index (κ2) is 17.4. The van der Waals surface area contributed by atoms with Crippen molar-refractivity contribution in [2.45, 2.75) is 136 Å². The third-order valence-corrected chi connectivity index (χ3v) is 6.43. The molecule has 0 bridgehead atoms. The van der Waals surface area contributed by atoms with Crippen LogP contribution >= 0.6 is 0 Å². The minimum atomic E-state index is -0.506. The fourth-order valence-electron chi connectivity index (χ4n) is 4.10. The Bertz CT molecular complexity index is 710. The van der Waals surface area contributed by atoms with Gasteiger partial charge in [-0.05, 0) is 29.5 Å². The standard InChI is InChI=1S/C29H50N2O3/c1-5-6-7-8-9-10-11-12-13-14-15-16-17-18-19-20-27(33)30-31-28(34)25-23-24(29(2,3)4)21-22-26(25)32/h21-23,32H,5-20H2,1-4H3,(H,30,33)(H,31,34). The van der Waals surface area contributed by atoms with Crippen molar-refractivity contribution < 1.29 is 14.7 Å². The highest BCUT2D eigenvalue weighted by molar-refractivity contribution is 5.98. The van der Waals surface area contributed by atoms with Crippen LogP contribution in [-0.4, -0.2) is 16.9 Å². The molecule has 0 saturated carbocycles. The number of carbonyl (C=O) groups is 2. The lowest BCUT2D eigenvalue weighted by Crippen LogP contribution is -2.41. The molecule has 0 saturated heterocycles. The smallest absolute Gasteiger partial charge is 0.273 e. The Kier molecular flexibility index (Phi) is 15.4. The molecule has 0 heterocycles. The van der Waals surface area contributed by atoms with Gasteiger partial charge in [-0.25, -0.2) is 0 Å². The van der Waals surface area contributed by atoms with Crippen LogP contribution in [0.3, 0.4) is 0 Å². The number of hydrogen-bond acceptors (Lipinski definition) is 3. The molecule has 5 nitrogen and oxygen atoms in total. The molecule has 0 unspecified atom stereocenters. The number of hydrazine groups is 1. The van der Waals surface area contributed by atoms with E-state index in [1.54, 1.807) is 12.1 Å². The molecule has 0 fully saturated rings. The fourth-order valence-corrected chi connectivity index (χ4v) is 4.10. The summed E-state index contributed by atoms with van der Waals surface area (Å²) >= 11 is 0. The highest BCUT2D eigenvalue weighted by Gasteiger charge is 2.19. The highest BCUT2D eigenvalue weighted by Crippen LogP contribution is 2.27. The molecule has 5 heteroatoms. The lowest BCUT2D eigenvalue weighted by molar-refractivity contribution is -0.122. The molecule has 1 aromatic rings. The van der Waals surface area contributed by atoms with Crippen molar-refractivity contribution in [2.24, 2.45) is 0 Å². The lowest BCUT2D eigenvalue weighted by Gasteiger charge is -2.20. The van der Waals surface area contributed by atoms with Crippen LogP contribution in [0.25, 0.3) is 0 Å². The summed E-state index contributed by atoms with van der Waals surface area (Å²) in [5.74, 6) is -0.801. The first-order valence-corrected chi connectivity index (χ1v) is 13.7. The summed E-state index contributed by atoms with van der Waals surface area (Å²) in [5, 5.41) is 10.0. The van der Waals surface area contributed by atoms with Crippen LogP contribution in [0.4, 0.5) is 0 Å². The quantitative estimate of drug-likeness (QED) is 0.160. The normalized spacial score (nSPS) is 11.4. The van der Waals surface area contributed by atoms with Crippen molar-refractivity contribution in [3.63, 3.8) is 0 Å². The first-order valence-electron chi connectivity index (χ1n) is 13.7. The minimum absolute atomic E-state index is 0.0952. The molecule has 1 aromatic carbocycles. The van der Waals surface area contributed by atoms with Gasteiger partial charge in [-0.3, -0.25) is 20.4 Å². The Hall–Kier alpha value is -2.04. The van der Waals surface area contributed by atoms with Crippen LogP contribution in [0.5, 0.6) is 5.75 Å². The first kappa shape index (κ1) is 30.0. The van der Waals surface area contributed by atoms with Gasteiger partial charge in [-0.1, -0.05) is 124 Å². The molecule has 1 rings (SSSR count). The molecule has 0 aliphatic heterocycles. The molecule has 0 aliphatic rings. The third-order valence-electron chi connectivity index (χ3n) is 6.43. The van der Waals surface area contributed by atoms with Crippen molar-refractivity contribution in [3.05, 3.63) is 29.3 Å². The summed E-state index contributed by atoms with van der Waals surface area (Å²) in [6.07, 6.45) is 19.7. The topological polar surface area (TPSA) is 78.4 Å². The van der Waals surface area contributed by atoms with E-state index in [4.69, 9.17) is 0 Å². The van der Waals surface area contributed by atoms with Crippen molar-refractivity contribution >= 4 is 11.8 Å². The van der Waals surface area contributed by atoms with Gasteiger partial charge in [0.1, 0.15) is 5.75 Å². The van der Waals surface area contributed by atoms with Crippen LogP contribution in [-0.2, 0) is 10.2 Å². The number of phenols is 1. The number of aromatic hydroxyl groups is 1. The number of rotatable bonds is 17. The fraction of sp³-hybridized carbons (Fsp3) is 0.724. The van der Waals surface area contributed by atoms with E-state index < -0.39 is 5.91 Å². The van der Waals surface area contributed by atoms with E-state index in [1.165, 1.54) is 83.1 Å². The predicted octanol–water partition coefficient (Wildman–Crippen LogP) is 7.71. The van der Waals surface area contributed by atoms with Crippen LogP contribution < -0.4 is 10.9 Å². The molecular formula is C29H50N2O3. The van der Waals surface area contributed by atoms with Gasteiger partial charge >= 0.3 is 0 Å². The summed E-state index contributed by atoms with van der Waals surface area (Å²) in [7, 11) is 0. The maximum atomic E-state index is 12.4. The van der Waals surface area contributed by atoms with E-state index in [1.807, 2.05) is 20.8 Å². The van der Waals surface area contributed by atoms with Crippen LogP contribution in [0, 0.1) is 0 Å². The Morgan fingerprint density at radius 2 is 1.21 bits per heavy atom. The average Bonchev–Trinajstić information content (AvgIpc) is 2.79. The summed E-state index contributed by atoms with van der Waals surface area (Å²) in [6.45, 7) is 8.39. The molecule has 0 aromatic heterocycles. The second-order valence-corrected chi connectivity index (χ2v) is 10.7. The molecule has 0 atom stereocenters. The Morgan fingerprint density at radius 3 is 1.68 bits per heavy atom. The van der Waals surface area contributed by atoms with Gasteiger partial charge in [0, 0.05) is 6.42 Å². The SMILES string of the molecule is CCCCCCCCCCCCCCCCCC(=O)NNC(=O)c1cc(C(C)(C)C)ccc1O. The van der Waals surface area contributed by atoms with Gasteiger partial charge in [0.15, 0.2) is 0 Å². The largest absolute Gasteiger partial charge is 0.507 e. The zero-order valence-corrected chi connectivity index (χ0v) is 22.3. The number of benzene rings is 1. The number of nitrogens with one attached hydrogen (secondary N) is 2. The van der Waals surface area contributed by atoms with Crippen LogP contribution in [0.2, 0.25) is 0 Å². The molecule has 0 radical (unpaired) electrons. The van der Waals surface area contributed by atoms with E-state index in [2.05, 4.69) is 17.8 Å². The van der Waals surface area contributed by atoms with Gasteiger partial charge in [0.25, 0.3) is 5.91 Å². The van der Waals surface area contributed by atoms with Crippen LogP contribution in [0.1, 0.15) is 146 Å². The summed E-state index contributed by atoms with van der Waals surface area (Å²) in [6, 6.07) is 5.00. The zero-order valence-electron chi connectivity index (χ0n) is 22.3. The maximum Gasteiger partial charge on any atom is 0.273 e. The molecule has 0 spiro atoms. The Morgan fingerprint density at radius 1 is 0.735 bits per heavy atom. The average molecular weight is 475 g/mol. The molecule has 2 amide bonds. The van der Waals surface area contributed by atoms with E-state index in [9.17, 15) is 14.7 Å². The van der Waals surface area contributed by atoms with Crippen molar-refractivity contribution in [3.8, 4) is 5.75 Å². The third kappa shape index (κ3) is 13.6. The second-order valence-electron chi connectivity index (χ2n) is 10.7. The summed E-state index contributed by atoms with van der Waals surface area (Å²) in [4.78, 5) is 24.4. The molecule has 194 valence electrons. The van der Waals surface area contributed by atoms with Crippen molar-refractivity contribution in [1.29, 1.82) is 0 Å². The number of hydrogen-bond donors (Lipinski definition) is 3. The molecule has 3 N–H and O–H groups in total. The van der Waals surface area contributed by atoms with Gasteiger partial charge in [0.2, 0.25) is 5.91 Å². The van der Waals surface area contributed by atoms with Crippen molar-refractivity contribution in [2.75, 3.05) is 0 Å². The molecule has 34 heavy (non-hydrogen) atoms. The number of phenolic OH excluding ortho intramolecular Hbond substituents is 1. The Labute approximate surface area is 208 Å². The first-order chi connectivity index (χ1) is 16.3. The van der Waals surface area contributed by atoms with E-state index in [-0.39, 0.29) is 22.6 Å². The van der Waals surface area contributed by atoms with E-state index in [0.717, 1.165) is 24.8 Å². The number of carbonyl (C=O) groups excluding carboxylic acids is 2. The number of unbranched alkanes of at least 4 members (excludes halogenated alkanes) is 14. The maximum absolute atomic E-state index is 12.4. The lowest BCUT2D eigenvalue weighted by atomic mass is 9.86. The summed E-state index contributed by atoms with van der Waals surface area (Å²) in [5.41, 5.74) is 5.86. The predicted molar refractivity (Wildman–Crippen MR) is 142 cm³/mol. The number of amides is 2. The van der Waals surface area contributed by atoms with E-state index >= 15 is 0 Å². The van der Waals surface area contributed by atoms with Crippen LogP contribution in [0.15, 0.2) is 18.2 Å². The van der Waals surface area contributed by atoms with Crippen molar-refractivity contribution in [1.82, 2.24) is 10.9 Å². The van der Waals surface area contributed by atoms with Gasteiger partial charge in [-0.15, -0.1) is 0 Å². The van der Waals surface area contributed by atoms with Gasteiger partial charge in [-0.2, -0.15) is 0 Å². The molecule has 0 aliphatic carbocycles.